The molecule has 0 aromatic heterocycles. The molecule has 0 radical (unpaired) electrons. The van der Waals surface area contributed by atoms with Gasteiger partial charge in [-0.2, -0.15) is 0 Å². The summed E-state index contributed by atoms with van der Waals surface area (Å²) >= 11 is 0. The van der Waals surface area contributed by atoms with Crippen LogP contribution in [0.25, 0.3) is 0 Å². The van der Waals surface area contributed by atoms with E-state index in [4.69, 9.17) is 0 Å². The van der Waals surface area contributed by atoms with Crippen molar-refractivity contribution in [3.05, 3.63) is 0 Å². The standard InChI is InChI=1S/C15H29N.C14H27N/c1-10(2)13-9-16-14-8-6-5-7-12(14)15(13)11(3)4;1-9(2)12-8-15-13-7-5-6-11(13)14(12)10(3)4/h10-16H,5-9H2,1-4H3;9-15H,5-8H2,1-4H3. The third-order valence-electron chi connectivity index (χ3n) is 9.85. The molecule has 2 aliphatic carbocycles. The van der Waals surface area contributed by atoms with Crippen molar-refractivity contribution in [2.45, 2.75) is 112 Å². The van der Waals surface area contributed by atoms with Crippen LogP contribution in [-0.2, 0) is 0 Å². The van der Waals surface area contributed by atoms with Crippen molar-refractivity contribution in [2.24, 2.45) is 59.2 Å². The average Bonchev–Trinajstić information content (AvgIpc) is 3.20. The molecule has 182 valence electrons. The van der Waals surface area contributed by atoms with Gasteiger partial charge in [0.1, 0.15) is 0 Å². The lowest BCUT2D eigenvalue weighted by Crippen LogP contribution is -2.54. The average molecular weight is 433 g/mol. The quantitative estimate of drug-likeness (QED) is 0.500. The van der Waals surface area contributed by atoms with E-state index in [1.54, 1.807) is 0 Å². The lowest BCUT2D eigenvalue weighted by Gasteiger charge is -2.49. The predicted molar refractivity (Wildman–Crippen MR) is 136 cm³/mol. The van der Waals surface area contributed by atoms with Crippen LogP contribution in [-0.4, -0.2) is 25.2 Å². The van der Waals surface area contributed by atoms with Gasteiger partial charge in [-0.3, -0.25) is 0 Å². The molecule has 0 spiro atoms. The summed E-state index contributed by atoms with van der Waals surface area (Å²) in [7, 11) is 0. The van der Waals surface area contributed by atoms with Gasteiger partial charge in [0, 0.05) is 12.1 Å². The van der Waals surface area contributed by atoms with E-state index >= 15 is 0 Å². The topological polar surface area (TPSA) is 24.1 Å². The van der Waals surface area contributed by atoms with E-state index < -0.39 is 0 Å². The summed E-state index contributed by atoms with van der Waals surface area (Å²) in [5, 5.41) is 7.63. The van der Waals surface area contributed by atoms with Crippen LogP contribution in [0.15, 0.2) is 0 Å². The Morgan fingerprint density at radius 3 is 1.29 bits per heavy atom. The third kappa shape index (κ3) is 5.89. The minimum atomic E-state index is 0.836. The Bertz CT molecular complexity index is 523. The fourth-order valence-electron chi connectivity index (χ4n) is 8.40. The van der Waals surface area contributed by atoms with E-state index in [-0.39, 0.29) is 0 Å². The summed E-state index contributed by atoms with van der Waals surface area (Å²) in [5.74, 6) is 9.09. The van der Waals surface area contributed by atoms with Crippen LogP contribution in [0.4, 0.5) is 0 Å². The first-order valence-electron chi connectivity index (χ1n) is 14.2. The Labute approximate surface area is 195 Å². The van der Waals surface area contributed by atoms with Crippen molar-refractivity contribution in [1.82, 2.24) is 10.6 Å². The molecule has 2 heterocycles. The minimum Gasteiger partial charge on any atom is -0.313 e. The molecule has 2 saturated heterocycles. The monoisotopic (exact) mass is 432 g/mol. The van der Waals surface area contributed by atoms with E-state index in [0.717, 1.165) is 71.3 Å². The summed E-state index contributed by atoms with van der Waals surface area (Å²) in [5.41, 5.74) is 0. The molecule has 0 aromatic rings. The van der Waals surface area contributed by atoms with Gasteiger partial charge in [0.2, 0.25) is 0 Å². The summed E-state index contributed by atoms with van der Waals surface area (Å²) in [6.07, 6.45) is 10.2. The highest BCUT2D eigenvalue weighted by atomic mass is 15.0. The Morgan fingerprint density at radius 1 is 0.484 bits per heavy atom. The van der Waals surface area contributed by atoms with Crippen LogP contribution in [0.3, 0.4) is 0 Å². The maximum absolute atomic E-state index is 3.84. The smallest absolute Gasteiger partial charge is 0.00983 e. The molecule has 4 rings (SSSR count). The molecular weight excluding hydrogens is 376 g/mol. The van der Waals surface area contributed by atoms with Crippen LogP contribution in [0.1, 0.15) is 100 Å². The highest BCUT2D eigenvalue weighted by Gasteiger charge is 2.44. The van der Waals surface area contributed by atoms with Crippen LogP contribution in [0.5, 0.6) is 0 Å². The molecule has 2 saturated carbocycles. The maximum Gasteiger partial charge on any atom is 0.00983 e. The highest BCUT2D eigenvalue weighted by molar-refractivity contribution is 4.97. The number of nitrogens with one attached hydrogen (secondary N) is 2. The third-order valence-corrected chi connectivity index (χ3v) is 9.85. The normalized spacial score (nSPS) is 40.6. The van der Waals surface area contributed by atoms with Gasteiger partial charge < -0.3 is 10.6 Å². The van der Waals surface area contributed by atoms with Crippen LogP contribution >= 0.6 is 0 Å². The fourth-order valence-corrected chi connectivity index (χ4v) is 8.40. The Balaban J connectivity index is 0.000000176. The molecule has 2 nitrogen and oxygen atoms in total. The SMILES string of the molecule is CC(C)C1CNC2CCCC2C1C(C)C.CC(C)C1CNC2CCCCC2C1C(C)C. The highest BCUT2D eigenvalue weighted by Crippen LogP contribution is 2.45. The lowest BCUT2D eigenvalue weighted by molar-refractivity contribution is 0.0321. The van der Waals surface area contributed by atoms with Gasteiger partial charge in [0.05, 0.1) is 0 Å². The van der Waals surface area contributed by atoms with Gasteiger partial charge >= 0.3 is 0 Å². The number of rotatable bonds is 4. The molecule has 0 bridgehead atoms. The molecular formula is C29H56N2. The van der Waals surface area contributed by atoms with E-state index in [1.165, 1.54) is 58.0 Å². The second-order valence-corrected chi connectivity index (χ2v) is 13.0. The Hall–Kier alpha value is -0.0800. The van der Waals surface area contributed by atoms with Gasteiger partial charge in [-0.05, 0) is 98.0 Å². The minimum absolute atomic E-state index is 0.836. The predicted octanol–water partition coefficient (Wildman–Crippen LogP) is 7.00. The summed E-state index contributed by atoms with van der Waals surface area (Å²) in [6, 6.07) is 1.70. The van der Waals surface area contributed by atoms with Gasteiger partial charge in [0.25, 0.3) is 0 Å². The van der Waals surface area contributed by atoms with E-state index in [2.05, 4.69) is 66.0 Å². The molecule has 8 atom stereocenters. The number of hydrogen-bond acceptors (Lipinski definition) is 2. The van der Waals surface area contributed by atoms with Crippen LogP contribution in [0, 0.1) is 59.2 Å². The first-order chi connectivity index (χ1) is 14.7. The first kappa shape index (κ1) is 25.5. The zero-order valence-corrected chi connectivity index (χ0v) is 22.3. The molecule has 4 fully saturated rings. The summed E-state index contributed by atoms with van der Waals surface area (Å²) in [6.45, 7) is 21.9. The lowest BCUT2D eigenvalue weighted by atomic mass is 9.62. The second kappa shape index (κ2) is 11.4. The van der Waals surface area contributed by atoms with Crippen LogP contribution in [0.2, 0.25) is 0 Å². The number of fused-ring (bicyclic) bond motifs is 2. The zero-order valence-electron chi connectivity index (χ0n) is 22.3. The molecule has 2 heteroatoms. The molecule has 4 aliphatic rings. The molecule has 2 N–H and O–H groups in total. The number of hydrogen-bond donors (Lipinski definition) is 2. The second-order valence-electron chi connectivity index (χ2n) is 13.0. The van der Waals surface area contributed by atoms with Crippen molar-refractivity contribution in [2.75, 3.05) is 13.1 Å². The van der Waals surface area contributed by atoms with Gasteiger partial charge in [-0.25, -0.2) is 0 Å². The Kier molecular flexibility index (Phi) is 9.37. The van der Waals surface area contributed by atoms with E-state index in [9.17, 15) is 0 Å². The zero-order chi connectivity index (χ0) is 22.7. The van der Waals surface area contributed by atoms with Gasteiger partial charge in [0.15, 0.2) is 0 Å². The van der Waals surface area contributed by atoms with Gasteiger partial charge in [-0.1, -0.05) is 74.7 Å². The van der Waals surface area contributed by atoms with E-state index in [1.807, 2.05) is 0 Å². The summed E-state index contributed by atoms with van der Waals surface area (Å²) < 4.78 is 0. The fraction of sp³-hybridized carbons (Fsp3) is 1.00. The number of piperidine rings is 2. The van der Waals surface area contributed by atoms with Gasteiger partial charge in [-0.15, -0.1) is 0 Å². The van der Waals surface area contributed by atoms with Crippen molar-refractivity contribution >= 4 is 0 Å². The molecule has 0 amide bonds. The summed E-state index contributed by atoms with van der Waals surface area (Å²) in [4.78, 5) is 0. The van der Waals surface area contributed by atoms with Crippen LogP contribution < -0.4 is 10.6 Å². The van der Waals surface area contributed by atoms with Crippen molar-refractivity contribution in [3.8, 4) is 0 Å². The van der Waals surface area contributed by atoms with Crippen molar-refractivity contribution < 1.29 is 0 Å². The van der Waals surface area contributed by atoms with Crippen molar-refractivity contribution in [1.29, 1.82) is 0 Å². The molecule has 2 aliphatic heterocycles. The molecule has 31 heavy (non-hydrogen) atoms. The first-order valence-corrected chi connectivity index (χ1v) is 14.2. The van der Waals surface area contributed by atoms with Crippen molar-refractivity contribution in [3.63, 3.8) is 0 Å². The molecule has 0 aromatic carbocycles. The maximum atomic E-state index is 3.84. The molecule has 8 unspecified atom stereocenters. The Morgan fingerprint density at radius 2 is 0.871 bits per heavy atom. The van der Waals surface area contributed by atoms with E-state index in [0.29, 0.717) is 0 Å². The largest absolute Gasteiger partial charge is 0.313 e.